The van der Waals surface area contributed by atoms with Crippen LogP contribution < -0.4 is 4.72 Å². The van der Waals surface area contributed by atoms with E-state index in [9.17, 15) is 23.3 Å². The van der Waals surface area contributed by atoms with Gasteiger partial charge in [0.1, 0.15) is 5.02 Å². The molecule has 0 fully saturated rings. The standard InChI is InChI=1S/C11H8ClN3O6S2/c12-9-6(2-1-3-8(9)15(18)19)5-23(20,21)14-11-13-7(4-22-11)10(16)17/h1-4H,5H2,(H,13,14)(H,16,17). The maximum atomic E-state index is 12.1. The smallest absolute Gasteiger partial charge is 0.355 e. The van der Waals surface area contributed by atoms with E-state index in [4.69, 9.17) is 16.7 Å². The predicted molar refractivity (Wildman–Crippen MR) is 83.4 cm³/mol. The van der Waals surface area contributed by atoms with E-state index in [2.05, 4.69) is 9.71 Å². The maximum absolute atomic E-state index is 12.1. The summed E-state index contributed by atoms with van der Waals surface area (Å²) < 4.78 is 26.2. The number of hydrogen-bond acceptors (Lipinski definition) is 7. The molecule has 0 radical (unpaired) electrons. The fourth-order valence-corrected chi connectivity index (χ4v) is 4.09. The molecule has 9 nitrogen and oxygen atoms in total. The normalized spacial score (nSPS) is 11.2. The highest BCUT2D eigenvalue weighted by Gasteiger charge is 2.21. The van der Waals surface area contributed by atoms with Crippen LogP contribution in [-0.2, 0) is 15.8 Å². The molecule has 2 aromatic rings. The first-order chi connectivity index (χ1) is 10.7. The van der Waals surface area contributed by atoms with E-state index in [1.165, 1.54) is 17.5 Å². The molecule has 2 N–H and O–H groups in total. The van der Waals surface area contributed by atoms with Crippen LogP contribution in [0.4, 0.5) is 10.8 Å². The molecule has 1 aromatic carbocycles. The number of benzene rings is 1. The lowest BCUT2D eigenvalue weighted by molar-refractivity contribution is -0.384. The molecule has 1 aromatic heterocycles. The first-order valence-electron chi connectivity index (χ1n) is 5.80. The van der Waals surface area contributed by atoms with Crippen molar-refractivity contribution < 1.29 is 23.2 Å². The van der Waals surface area contributed by atoms with Gasteiger partial charge in [-0.05, 0) is 5.56 Å². The van der Waals surface area contributed by atoms with Crippen molar-refractivity contribution in [3.8, 4) is 0 Å². The Morgan fingerprint density at radius 2 is 2.17 bits per heavy atom. The third kappa shape index (κ3) is 4.15. The van der Waals surface area contributed by atoms with Crippen molar-refractivity contribution in [2.24, 2.45) is 0 Å². The number of aromatic nitrogens is 1. The molecule has 0 aliphatic rings. The number of nitro benzene ring substituents is 1. The third-order valence-electron chi connectivity index (χ3n) is 2.57. The molecule has 0 saturated heterocycles. The molecule has 12 heteroatoms. The van der Waals surface area contributed by atoms with Crippen molar-refractivity contribution in [2.75, 3.05) is 4.72 Å². The van der Waals surface area contributed by atoms with Gasteiger partial charge in [-0.1, -0.05) is 23.7 Å². The van der Waals surface area contributed by atoms with Crippen LogP contribution in [0.3, 0.4) is 0 Å². The molecule has 1 heterocycles. The number of carboxylic acids is 1. The molecule has 0 unspecified atom stereocenters. The lowest BCUT2D eigenvalue weighted by Crippen LogP contribution is -2.15. The van der Waals surface area contributed by atoms with Crippen molar-refractivity contribution >= 4 is 49.7 Å². The summed E-state index contributed by atoms with van der Waals surface area (Å²) in [6.45, 7) is 0. The van der Waals surface area contributed by atoms with E-state index in [-0.39, 0.29) is 21.4 Å². The van der Waals surface area contributed by atoms with Gasteiger partial charge in [-0.3, -0.25) is 14.8 Å². The Morgan fingerprint density at radius 3 is 2.74 bits per heavy atom. The van der Waals surface area contributed by atoms with Crippen LogP contribution in [0.15, 0.2) is 23.6 Å². The van der Waals surface area contributed by atoms with Crippen LogP contribution in [-0.4, -0.2) is 29.4 Å². The number of halogens is 1. The molecule has 0 aliphatic heterocycles. The Hall–Kier alpha value is -2.24. The second-order valence-corrected chi connectivity index (χ2v) is 7.17. The summed E-state index contributed by atoms with van der Waals surface area (Å²) in [5, 5.41) is 20.3. The van der Waals surface area contributed by atoms with Crippen molar-refractivity contribution in [3.63, 3.8) is 0 Å². The second-order valence-electron chi connectivity index (χ2n) is 4.21. The van der Waals surface area contributed by atoms with Gasteiger partial charge >= 0.3 is 5.97 Å². The van der Waals surface area contributed by atoms with E-state index in [1.54, 1.807) is 0 Å². The summed E-state index contributed by atoms with van der Waals surface area (Å²) >= 11 is 6.64. The summed E-state index contributed by atoms with van der Waals surface area (Å²) in [6.07, 6.45) is 0. The van der Waals surface area contributed by atoms with Gasteiger partial charge < -0.3 is 5.11 Å². The lowest BCUT2D eigenvalue weighted by Gasteiger charge is -2.07. The van der Waals surface area contributed by atoms with Crippen LogP contribution in [0, 0.1) is 10.1 Å². The van der Waals surface area contributed by atoms with Gasteiger partial charge in [-0.15, -0.1) is 11.3 Å². The van der Waals surface area contributed by atoms with Gasteiger partial charge in [-0.2, -0.15) is 0 Å². The van der Waals surface area contributed by atoms with Gasteiger partial charge in [-0.25, -0.2) is 18.2 Å². The molecule has 0 spiro atoms. The van der Waals surface area contributed by atoms with Gasteiger partial charge in [0, 0.05) is 11.4 Å². The summed E-state index contributed by atoms with van der Waals surface area (Å²) in [5.74, 6) is -1.90. The number of carbonyl (C=O) groups is 1. The number of nitrogens with zero attached hydrogens (tertiary/aromatic N) is 2. The molecule has 0 atom stereocenters. The number of thiazole rings is 1. The zero-order valence-electron chi connectivity index (χ0n) is 11.1. The largest absolute Gasteiger partial charge is 0.476 e. The SMILES string of the molecule is O=C(O)c1csc(NS(=O)(=O)Cc2cccc([N+](=O)[O-])c2Cl)n1. The molecule has 2 rings (SSSR count). The number of nitrogens with one attached hydrogen (secondary N) is 1. The topological polar surface area (TPSA) is 140 Å². The number of hydrogen-bond donors (Lipinski definition) is 2. The molecule has 0 aliphatic carbocycles. The molecular formula is C11H8ClN3O6S2. The van der Waals surface area contributed by atoms with Gasteiger partial charge in [0.05, 0.1) is 10.7 Å². The van der Waals surface area contributed by atoms with Crippen molar-refractivity contribution in [2.45, 2.75) is 5.75 Å². The van der Waals surface area contributed by atoms with Gasteiger partial charge in [0.25, 0.3) is 5.69 Å². The fraction of sp³-hybridized carbons (Fsp3) is 0.0909. The van der Waals surface area contributed by atoms with E-state index in [0.29, 0.717) is 0 Å². The van der Waals surface area contributed by atoms with Gasteiger partial charge in [0.2, 0.25) is 10.0 Å². The number of aromatic carboxylic acids is 1. The zero-order valence-corrected chi connectivity index (χ0v) is 13.5. The van der Waals surface area contributed by atoms with Crippen LogP contribution in [0.5, 0.6) is 0 Å². The van der Waals surface area contributed by atoms with Crippen molar-refractivity contribution in [1.29, 1.82) is 0 Å². The minimum absolute atomic E-state index is 0.0448. The highest BCUT2D eigenvalue weighted by molar-refractivity contribution is 7.92. The number of anilines is 1. The maximum Gasteiger partial charge on any atom is 0.355 e. The Balaban J connectivity index is 2.23. The predicted octanol–water partition coefficient (Wildman–Crippen LogP) is 2.34. The monoisotopic (exact) mass is 377 g/mol. The fourth-order valence-electron chi connectivity index (χ4n) is 1.61. The van der Waals surface area contributed by atoms with E-state index >= 15 is 0 Å². The quantitative estimate of drug-likeness (QED) is 0.581. The summed E-state index contributed by atoms with van der Waals surface area (Å²) in [5.41, 5.74) is -0.647. The first-order valence-corrected chi connectivity index (χ1v) is 8.71. The minimum atomic E-state index is -3.97. The molecule has 0 saturated carbocycles. The summed E-state index contributed by atoms with van der Waals surface area (Å²) in [4.78, 5) is 24.4. The zero-order chi connectivity index (χ0) is 17.2. The molecule has 0 amide bonds. The number of sulfonamides is 1. The van der Waals surface area contributed by atoms with Crippen LogP contribution >= 0.6 is 22.9 Å². The van der Waals surface area contributed by atoms with E-state index in [0.717, 1.165) is 17.4 Å². The first kappa shape index (κ1) is 17.1. The Labute approximate surface area is 138 Å². The lowest BCUT2D eigenvalue weighted by atomic mass is 10.2. The minimum Gasteiger partial charge on any atom is -0.476 e. The van der Waals surface area contributed by atoms with Crippen LogP contribution in [0.2, 0.25) is 5.02 Å². The Kier molecular flexibility index (Phi) is 4.82. The molecule has 0 bridgehead atoms. The third-order valence-corrected chi connectivity index (χ3v) is 5.09. The molecule has 23 heavy (non-hydrogen) atoms. The molecular weight excluding hydrogens is 370 g/mol. The number of carboxylic acid groups (broad SMARTS) is 1. The van der Waals surface area contributed by atoms with Crippen molar-refractivity contribution in [1.82, 2.24) is 4.98 Å². The van der Waals surface area contributed by atoms with Crippen molar-refractivity contribution in [3.05, 3.63) is 50.0 Å². The highest BCUT2D eigenvalue weighted by atomic mass is 35.5. The summed E-state index contributed by atoms with van der Waals surface area (Å²) in [7, 11) is -3.97. The van der Waals surface area contributed by atoms with Gasteiger partial charge in [0.15, 0.2) is 10.8 Å². The summed E-state index contributed by atoms with van der Waals surface area (Å²) in [6, 6.07) is 3.83. The number of nitro groups is 1. The second kappa shape index (κ2) is 6.48. The average Bonchev–Trinajstić information content (AvgIpc) is 2.88. The Bertz CT molecular complexity index is 880. The van der Waals surface area contributed by atoms with Crippen LogP contribution in [0.25, 0.3) is 0 Å². The van der Waals surface area contributed by atoms with E-state index in [1.807, 2.05) is 0 Å². The average molecular weight is 378 g/mol. The van der Waals surface area contributed by atoms with E-state index < -0.39 is 32.4 Å². The van der Waals surface area contributed by atoms with Crippen LogP contribution in [0.1, 0.15) is 16.1 Å². The Morgan fingerprint density at radius 1 is 1.48 bits per heavy atom. The molecule has 122 valence electrons. The highest BCUT2D eigenvalue weighted by Crippen LogP contribution is 2.29. The number of rotatable bonds is 6.